The highest BCUT2D eigenvalue weighted by atomic mass is 16.3. The van der Waals surface area contributed by atoms with Gasteiger partial charge in [-0.25, -0.2) is 0 Å². The summed E-state index contributed by atoms with van der Waals surface area (Å²) in [5.74, 6) is 0.188. The number of aromatic hydroxyl groups is 1. The largest absolute Gasteiger partial charge is 0.507 e. The summed E-state index contributed by atoms with van der Waals surface area (Å²) in [6, 6.07) is 4.86. The first kappa shape index (κ1) is 11.0. The first-order valence-electron chi connectivity index (χ1n) is 4.80. The molecule has 0 unspecified atom stereocenters. The number of phenolic OH excluding ortho intramolecular Hbond substituents is 1. The van der Waals surface area contributed by atoms with Crippen LogP contribution < -0.4 is 5.73 Å². The molecule has 3 heteroatoms. The highest BCUT2D eigenvalue weighted by molar-refractivity contribution is 5.41. The van der Waals surface area contributed by atoms with Crippen molar-refractivity contribution in [1.29, 1.82) is 0 Å². The number of hydrogen-bond donors (Lipinski definition) is 3. The summed E-state index contributed by atoms with van der Waals surface area (Å²) >= 11 is 0. The van der Waals surface area contributed by atoms with Crippen LogP contribution in [0, 0.1) is 6.92 Å². The molecular weight excluding hydrogens is 178 g/mol. The molecule has 0 aliphatic rings. The number of hydrogen-bond acceptors (Lipinski definition) is 3. The van der Waals surface area contributed by atoms with Gasteiger partial charge in [0.15, 0.2) is 0 Å². The van der Waals surface area contributed by atoms with Gasteiger partial charge in [0.2, 0.25) is 0 Å². The lowest BCUT2D eigenvalue weighted by atomic mass is 9.98. The van der Waals surface area contributed by atoms with Gasteiger partial charge in [-0.15, -0.1) is 0 Å². The molecule has 14 heavy (non-hydrogen) atoms. The Bertz CT molecular complexity index is 312. The van der Waals surface area contributed by atoms with Crippen LogP contribution in [0.5, 0.6) is 5.75 Å². The summed E-state index contributed by atoms with van der Waals surface area (Å²) in [5, 5.41) is 19.3. The molecule has 1 rings (SSSR count). The van der Waals surface area contributed by atoms with E-state index in [0.717, 1.165) is 5.56 Å². The number of rotatable bonds is 3. The number of benzene rings is 1. The average Bonchev–Trinajstić information content (AvgIpc) is 2.20. The van der Waals surface area contributed by atoms with Crippen molar-refractivity contribution in [3.05, 3.63) is 29.3 Å². The number of phenols is 1. The Hall–Kier alpha value is -1.06. The van der Waals surface area contributed by atoms with Gasteiger partial charge in [-0.1, -0.05) is 25.1 Å². The van der Waals surface area contributed by atoms with Crippen LogP contribution in [0.15, 0.2) is 18.2 Å². The van der Waals surface area contributed by atoms with Crippen LogP contribution in [0.1, 0.15) is 30.5 Å². The zero-order valence-corrected chi connectivity index (χ0v) is 8.57. The Balaban J connectivity index is 3.01. The third-order valence-corrected chi connectivity index (χ3v) is 2.46. The fourth-order valence-corrected chi connectivity index (χ4v) is 1.41. The van der Waals surface area contributed by atoms with Crippen molar-refractivity contribution in [3.63, 3.8) is 0 Å². The van der Waals surface area contributed by atoms with Crippen LogP contribution in [0.25, 0.3) is 0 Å². The van der Waals surface area contributed by atoms with Crippen LogP contribution in [-0.4, -0.2) is 16.3 Å². The molecule has 0 saturated carbocycles. The molecule has 0 saturated heterocycles. The van der Waals surface area contributed by atoms with Crippen LogP contribution in [0.3, 0.4) is 0 Å². The highest BCUT2D eigenvalue weighted by Gasteiger charge is 2.18. The molecule has 1 aromatic carbocycles. The topological polar surface area (TPSA) is 66.5 Å². The summed E-state index contributed by atoms with van der Waals surface area (Å²) < 4.78 is 0. The normalized spacial score (nSPS) is 15.1. The molecule has 0 heterocycles. The summed E-state index contributed by atoms with van der Waals surface area (Å²) in [7, 11) is 0. The molecule has 78 valence electrons. The zero-order chi connectivity index (χ0) is 10.7. The highest BCUT2D eigenvalue weighted by Crippen LogP contribution is 2.28. The number of nitrogens with two attached hydrogens (primary N) is 1. The first-order chi connectivity index (χ1) is 6.57. The van der Waals surface area contributed by atoms with E-state index in [2.05, 4.69) is 0 Å². The quantitative estimate of drug-likeness (QED) is 0.684. The summed E-state index contributed by atoms with van der Waals surface area (Å²) in [4.78, 5) is 0. The minimum absolute atomic E-state index is 0.188. The Morgan fingerprint density at radius 1 is 1.43 bits per heavy atom. The fourth-order valence-electron chi connectivity index (χ4n) is 1.41. The molecule has 0 fully saturated rings. The van der Waals surface area contributed by atoms with E-state index in [1.54, 1.807) is 6.07 Å². The van der Waals surface area contributed by atoms with Gasteiger partial charge >= 0.3 is 0 Å². The van der Waals surface area contributed by atoms with Gasteiger partial charge in [0.25, 0.3) is 0 Å². The average molecular weight is 195 g/mol. The Kier molecular flexibility index (Phi) is 3.49. The third kappa shape index (κ3) is 2.05. The number of para-hydroxylation sites is 1. The van der Waals surface area contributed by atoms with E-state index in [0.29, 0.717) is 12.0 Å². The summed E-state index contributed by atoms with van der Waals surface area (Å²) in [6.45, 7) is 3.67. The molecule has 0 aromatic heterocycles. The van der Waals surface area contributed by atoms with Gasteiger partial charge in [0, 0.05) is 5.56 Å². The molecule has 3 nitrogen and oxygen atoms in total. The molecule has 0 radical (unpaired) electrons. The molecule has 4 N–H and O–H groups in total. The molecule has 0 aliphatic carbocycles. The first-order valence-corrected chi connectivity index (χ1v) is 4.80. The van der Waals surface area contributed by atoms with Gasteiger partial charge in [0.1, 0.15) is 5.75 Å². The second-order valence-electron chi connectivity index (χ2n) is 3.51. The van der Waals surface area contributed by atoms with Crippen molar-refractivity contribution < 1.29 is 10.2 Å². The molecule has 0 amide bonds. The standard InChI is InChI=1S/C11H17NO2/c1-3-9(13)10(12)8-6-4-5-7(2)11(8)14/h4-6,9-10,13-14H,3,12H2,1-2H3/t9-,10+/m1/s1. The van der Waals surface area contributed by atoms with Crippen molar-refractivity contribution >= 4 is 0 Å². The smallest absolute Gasteiger partial charge is 0.123 e. The molecule has 0 bridgehead atoms. The van der Waals surface area contributed by atoms with E-state index in [4.69, 9.17) is 5.73 Å². The SMILES string of the molecule is CC[C@@H](O)[C@@H](N)c1cccc(C)c1O. The van der Waals surface area contributed by atoms with E-state index in [-0.39, 0.29) is 5.75 Å². The summed E-state index contributed by atoms with van der Waals surface area (Å²) in [5.41, 5.74) is 7.20. The van der Waals surface area contributed by atoms with Gasteiger partial charge in [-0.3, -0.25) is 0 Å². The predicted molar refractivity (Wildman–Crippen MR) is 56.1 cm³/mol. The van der Waals surface area contributed by atoms with Crippen LogP contribution in [0.2, 0.25) is 0 Å². The van der Waals surface area contributed by atoms with Crippen LogP contribution >= 0.6 is 0 Å². The lowest BCUT2D eigenvalue weighted by molar-refractivity contribution is 0.139. The number of aliphatic hydroxyl groups excluding tert-OH is 1. The second-order valence-corrected chi connectivity index (χ2v) is 3.51. The minimum Gasteiger partial charge on any atom is -0.507 e. The van der Waals surface area contributed by atoms with Crippen molar-refractivity contribution in [2.75, 3.05) is 0 Å². The number of aryl methyl sites for hydroxylation is 1. The minimum atomic E-state index is -0.609. The maximum Gasteiger partial charge on any atom is 0.123 e. The second kappa shape index (κ2) is 4.44. The Labute approximate surface area is 84.2 Å². The molecule has 2 atom stereocenters. The van der Waals surface area contributed by atoms with Crippen LogP contribution in [-0.2, 0) is 0 Å². The van der Waals surface area contributed by atoms with E-state index < -0.39 is 12.1 Å². The van der Waals surface area contributed by atoms with Crippen molar-refractivity contribution in [2.45, 2.75) is 32.4 Å². The molecule has 1 aromatic rings. The van der Waals surface area contributed by atoms with Crippen molar-refractivity contribution in [2.24, 2.45) is 5.73 Å². The maximum atomic E-state index is 9.72. The molecule has 0 aliphatic heterocycles. The molecule has 0 spiro atoms. The van der Waals surface area contributed by atoms with E-state index in [1.807, 2.05) is 26.0 Å². The van der Waals surface area contributed by atoms with E-state index >= 15 is 0 Å². The summed E-state index contributed by atoms with van der Waals surface area (Å²) in [6.07, 6.45) is -0.0307. The third-order valence-electron chi connectivity index (χ3n) is 2.46. The Morgan fingerprint density at radius 2 is 2.07 bits per heavy atom. The predicted octanol–water partition coefficient (Wildman–Crippen LogP) is 1.47. The maximum absolute atomic E-state index is 9.72. The Morgan fingerprint density at radius 3 is 2.64 bits per heavy atom. The van der Waals surface area contributed by atoms with Gasteiger partial charge in [-0.05, 0) is 18.9 Å². The van der Waals surface area contributed by atoms with Crippen molar-refractivity contribution in [3.8, 4) is 5.75 Å². The van der Waals surface area contributed by atoms with Gasteiger partial charge in [-0.2, -0.15) is 0 Å². The lowest BCUT2D eigenvalue weighted by Crippen LogP contribution is -2.25. The zero-order valence-electron chi connectivity index (χ0n) is 8.57. The van der Waals surface area contributed by atoms with Crippen molar-refractivity contribution in [1.82, 2.24) is 0 Å². The van der Waals surface area contributed by atoms with E-state index in [1.165, 1.54) is 0 Å². The number of aliphatic hydroxyl groups is 1. The monoisotopic (exact) mass is 195 g/mol. The van der Waals surface area contributed by atoms with E-state index in [9.17, 15) is 10.2 Å². The molecular formula is C11H17NO2. The van der Waals surface area contributed by atoms with Gasteiger partial charge in [0.05, 0.1) is 12.1 Å². The van der Waals surface area contributed by atoms with Gasteiger partial charge < -0.3 is 15.9 Å². The fraction of sp³-hybridized carbons (Fsp3) is 0.455. The lowest BCUT2D eigenvalue weighted by Gasteiger charge is -2.19. The van der Waals surface area contributed by atoms with Crippen LogP contribution in [0.4, 0.5) is 0 Å².